The number of benzene rings is 1. The first kappa shape index (κ1) is 26.2. The maximum atomic E-state index is 13.8. The number of esters is 1. The van der Waals surface area contributed by atoms with Gasteiger partial charge in [0.15, 0.2) is 5.76 Å². The van der Waals surface area contributed by atoms with Crippen molar-refractivity contribution in [2.24, 2.45) is 0 Å². The van der Waals surface area contributed by atoms with Crippen LogP contribution in [0.25, 0.3) is 0 Å². The van der Waals surface area contributed by atoms with Gasteiger partial charge in [-0.3, -0.25) is 4.79 Å². The van der Waals surface area contributed by atoms with Gasteiger partial charge in [-0.25, -0.2) is 4.79 Å². The fourth-order valence-electron chi connectivity index (χ4n) is 3.97. The number of ether oxygens (including phenoxy) is 6. The zero-order valence-corrected chi connectivity index (χ0v) is 20.5. The molecule has 0 fully saturated rings. The van der Waals surface area contributed by atoms with Crippen molar-refractivity contribution in [2.45, 2.75) is 38.1 Å². The van der Waals surface area contributed by atoms with Gasteiger partial charge in [0.2, 0.25) is 11.6 Å². The third-order valence-electron chi connectivity index (χ3n) is 5.64. The normalized spacial score (nSPS) is 23.5. The molecule has 2 atom stereocenters. The van der Waals surface area contributed by atoms with Crippen molar-refractivity contribution < 1.29 is 38.0 Å². The van der Waals surface area contributed by atoms with E-state index in [0.717, 1.165) is 6.42 Å². The highest BCUT2D eigenvalue weighted by molar-refractivity contribution is 6.19. The minimum Gasteiger partial charge on any atom is -0.496 e. The summed E-state index contributed by atoms with van der Waals surface area (Å²) in [5.41, 5.74) is -1.60. The van der Waals surface area contributed by atoms with E-state index in [0.29, 0.717) is 24.4 Å². The number of nitrogens with zero attached hydrogens (tertiary/aromatic N) is 1. The molecule has 0 bridgehead atoms. The van der Waals surface area contributed by atoms with Crippen LogP contribution in [0.3, 0.4) is 0 Å². The van der Waals surface area contributed by atoms with Crippen LogP contribution in [-0.2, 0) is 33.2 Å². The van der Waals surface area contributed by atoms with Gasteiger partial charge in [-0.1, -0.05) is 13.8 Å². The number of ketones is 1. The summed E-state index contributed by atoms with van der Waals surface area (Å²) < 4.78 is 34.7. The molecule has 1 aliphatic carbocycles. The molecule has 0 aromatic heterocycles. The van der Waals surface area contributed by atoms with Gasteiger partial charge in [-0.2, -0.15) is 5.26 Å². The molecule has 1 aromatic rings. The third-order valence-corrected chi connectivity index (χ3v) is 5.64. The van der Waals surface area contributed by atoms with E-state index in [1.807, 2.05) is 19.9 Å². The lowest BCUT2D eigenvalue weighted by atomic mass is 9.82. The number of Topliss-reactive ketones (excluding diaryl/α,β-unsaturated/α-hetero) is 1. The minimum absolute atomic E-state index is 0.0682. The molecule has 0 saturated carbocycles. The van der Waals surface area contributed by atoms with Crippen LogP contribution in [-0.4, -0.2) is 57.7 Å². The fraction of sp³-hybridized carbons (Fsp3) is 0.423. The van der Waals surface area contributed by atoms with Crippen LogP contribution < -0.4 is 0 Å². The highest BCUT2D eigenvalue weighted by Crippen LogP contribution is 2.47. The van der Waals surface area contributed by atoms with E-state index in [9.17, 15) is 9.59 Å². The Morgan fingerprint density at radius 2 is 1.74 bits per heavy atom. The maximum Gasteiger partial charge on any atom is 0.360 e. The Morgan fingerprint density at radius 1 is 1.06 bits per heavy atom. The summed E-state index contributed by atoms with van der Waals surface area (Å²) in [4.78, 5) is 27.2. The molecule has 2 aliphatic rings. The molecule has 0 N–H and O–H groups in total. The molecule has 0 spiro atoms. The highest BCUT2D eigenvalue weighted by atomic mass is 16.7. The maximum absolute atomic E-state index is 13.8. The summed E-state index contributed by atoms with van der Waals surface area (Å²) in [5.74, 6) is -2.97. The van der Waals surface area contributed by atoms with Crippen LogP contribution >= 0.6 is 0 Å². The second-order valence-electron chi connectivity index (χ2n) is 7.83. The smallest absolute Gasteiger partial charge is 0.360 e. The highest BCUT2D eigenvalue weighted by Gasteiger charge is 2.61. The molecule has 1 aliphatic heterocycles. The minimum atomic E-state index is -2.27. The number of methoxy groups -OCH3 is 3. The quantitative estimate of drug-likeness (QED) is 0.202. The van der Waals surface area contributed by atoms with E-state index in [2.05, 4.69) is 0 Å². The van der Waals surface area contributed by atoms with Crippen molar-refractivity contribution in [3.63, 3.8) is 0 Å². The average Bonchev–Trinajstić information content (AvgIpc) is 2.89. The molecule has 1 heterocycles. The summed E-state index contributed by atoms with van der Waals surface area (Å²) >= 11 is 0. The number of carbonyl (C=O) groups excluding carboxylic acids is 2. The number of nitriles is 1. The molecular formula is C26H29NO8. The van der Waals surface area contributed by atoms with Crippen LogP contribution in [0.2, 0.25) is 0 Å². The van der Waals surface area contributed by atoms with Gasteiger partial charge in [0.1, 0.15) is 17.1 Å². The Kier molecular flexibility index (Phi) is 8.12. The first-order valence-corrected chi connectivity index (χ1v) is 11.3. The number of allylic oxidation sites excluding steroid dienone is 1. The van der Waals surface area contributed by atoms with Crippen molar-refractivity contribution in [2.75, 3.05) is 34.5 Å². The molecule has 35 heavy (non-hydrogen) atoms. The van der Waals surface area contributed by atoms with Crippen LogP contribution in [0, 0.1) is 11.3 Å². The lowest BCUT2D eigenvalue weighted by Gasteiger charge is -2.42. The van der Waals surface area contributed by atoms with Crippen molar-refractivity contribution in [1.82, 2.24) is 0 Å². The topological polar surface area (TPSA) is 113 Å². The predicted octanol–water partition coefficient (Wildman–Crippen LogP) is 3.56. The van der Waals surface area contributed by atoms with Gasteiger partial charge in [0, 0.05) is 31.9 Å². The predicted molar refractivity (Wildman–Crippen MR) is 124 cm³/mol. The number of fused-ring (bicyclic) bond motifs is 1. The monoisotopic (exact) mass is 483 g/mol. The Balaban J connectivity index is 2.27. The first-order chi connectivity index (χ1) is 16.9. The zero-order chi connectivity index (χ0) is 25.6. The van der Waals surface area contributed by atoms with E-state index in [1.54, 1.807) is 6.08 Å². The van der Waals surface area contributed by atoms with Gasteiger partial charge in [0.25, 0.3) is 5.60 Å². The van der Waals surface area contributed by atoms with Crippen LogP contribution in [0.5, 0.6) is 0 Å². The number of rotatable bonds is 11. The van der Waals surface area contributed by atoms with Gasteiger partial charge in [0.05, 0.1) is 32.0 Å². The largest absolute Gasteiger partial charge is 0.496 e. The SMILES string of the molecule is CCCOC1=CC(OC)(OCCC)C2=C(OC)C(OC)(C(=O)c3ccc(C#N)cc3)C(=O)OC2=C1. The van der Waals surface area contributed by atoms with Gasteiger partial charge >= 0.3 is 5.97 Å². The van der Waals surface area contributed by atoms with Crippen LogP contribution in [0.4, 0.5) is 0 Å². The van der Waals surface area contributed by atoms with Gasteiger partial charge in [-0.15, -0.1) is 0 Å². The lowest BCUT2D eigenvalue weighted by Crippen LogP contribution is -2.57. The lowest BCUT2D eigenvalue weighted by molar-refractivity contribution is -0.180. The Morgan fingerprint density at radius 3 is 2.29 bits per heavy atom. The average molecular weight is 484 g/mol. The molecule has 2 unspecified atom stereocenters. The van der Waals surface area contributed by atoms with Gasteiger partial charge in [-0.05, 0) is 37.1 Å². The van der Waals surface area contributed by atoms with Gasteiger partial charge < -0.3 is 28.4 Å². The molecule has 186 valence electrons. The van der Waals surface area contributed by atoms with Crippen molar-refractivity contribution in [3.05, 3.63) is 70.4 Å². The molecule has 9 nitrogen and oxygen atoms in total. The standard InChI is InChI=1S/C26H29NO8/c1-6-12-33-19-14-20-21(25(15-19,31-4)34-13-7-2)23(30-3)26(32-5,24(29)35-20)22(28)18-10-8-17(16-27)9-11-18/h8-11,14-15H,6-7,12-13H2,1-5H3. The van der Waals surface area contributed by atoms with Crippen molar-refractivity contribution in [1.29, 1.82) is 5.26 Å². The summed E-state index contributed by atoms with van der Waals surface area (Å²) in [6.07, 6.45) is 4.56. The Hall–Kier alpha value is -3.45. The summed E-state index contributed by atoms with van der Waals surface area (Å²) in [6.45, 7) is 4.61. The summed E-state index contributed by atoms with van der Waals surface area (Å²) in [7, 11) is 3.97. The molecule has 3 rings (SSSR count). The van der Waals surface area contributed by atoms with E-state index in [1.165, 1.54) is 51.7 Å². The van der Waals surface area contributed by atoms with E-state index >= 15 is 0 Å². The Labute approximate surface area is 204 Å². The van der Waals surface area contributed by atoms with Crippen LogP contribution in [0.15, 0.2) is 59.3 Å². The van der Waals surface area contributed by atoms with Crippen molar-refractivity contribution in [3.8, 4) is 6.07 Å². The summed E-state index contributed by atoms with van der Waals surface area (Å²) in [5, 5.41) is 9.08. The van der Waals surface area contributed by atoms with E-state index < -0.39 is 23.1 Å². The molecule has 0 saturated heterocycles. The number of hydrogen-bond donors (Lipinski definition) is 0. The van der Waals surface area contributed by atoms with Crippen LogP contribution in [0.1, 0.15) is 42.6 Å². The second-order valence-corrected chi connectivity index (χ2v) is 7.83. The summed E-state index contributed by atoms with van der Waals surface area (Å²) in [6, 6.07) is 7.81. The number of hydrogen-bond acceptors (Lipinski definition) is 9. The van der Waals surface area contributed by atoms with E-state index in [4.69, 9.17) is 33.7 Å². The number of carbonyl (C=O) groups is 2. The third kappa shape index (κ3) is 4.48. The molecule has 0 radical (unpaired) electrons. The second kappa shape index (κ2) is 10.9. The zero-order valence-electron chi connectivity index (χ0n) is 20.5. The molecule has 1 aromatic carbocycles. The van der Waals surface area contributed by atoms with Crippen molar-refractivity contribution >= 4 is 11.8 Å². The molecule has 9 heteroatoms. The fourth-order valence-corrected chi connectivity index (χ4v) is 3.97. The first-order valence-electron chi connectivity index (χ1n) is 11.3. The molecule has 0 amide bonds. The van der Waals surface area contributed by atoms with E-state index in [-0.39, 0.29) is 29.3 Å². The molecular weight excluding hydrogens is 454 g/mol. The Bertz CT molecular complexity index is 1110.